The second-order valence-electron chi connectivity index (χ2n) is 6.11. The van der Waals surface area contributed by atoms with Crippen LogP contribution in [-0.4, -0.2) is 30.1 Å². The molecule has 1 fully saturated rings. The van der Waals surface area contributed by atoms with E-state index in [9.17, 15) is 0 Å². The van der Waals surface area contributed by atoms with Gasteiger partial charge in [-0.05, 0) is 24.8 Å². The summed E-state index contributed by atoms with van der Waals surface area (Å²) in [4.78, 5) is 2.70. The van der Waals surface area contributed by atoms with E-state index in [4.69, 9.17) is 0 Å². The highest BCUT2D eigenvalue weighted by Gasteiger charge is 2.32. The summed E-state index contributed by atoms with van der Waals surface area (Å²) in [5.41, 5.74) is 1.44. The molecule has 1 aromatic rings. The normalized spacial score (nSPS) is 26.6. The Balaban J connectivity index is 2.17. The van der Waals surface area contributed by atoms with Gasteiger partial charge in [-0.15, -0.1) is 0 Å². The van der Waals surface area contributed by atoms with Gasteiger partial charge in [0.1, 0.15) is 0 Å². The van der Waals surface area contributed by atoms with Crippen molar-refractivity contribution < 1.29 is 0 Å². The molecule has 3 unspecified atom stereocenters. The van der Waals surface area contributed by atoms with Crippen LogP contribution in [0, 0.1) is 5.92 Å². The van der Waals surface area contributed by atoms with Crippen LogP contribution >= 0.6 is 0 Å². The van der Waals surface area contributed by atoms with Crippen LogP contribution in [0.2, 0.25) is 0 Å². The van der Waals surface area contributed by atoms with Crippen LogP contribution < -0.4 is 5.32 Å². The first-order valence-corrected chi connectivity index (χ1v) is 7.67. The van der Waals surface area contributed by atoms with E-state index in [1.54, 1.807) is 0 Å². The van der Waals surface area contributed by atoms with Crippen molar-refractivity contribution in [1.29, 1.82) is 0 Å². The molecule has 2 rings (SSSR count). The lowest BCUT2D eigenvalue weighted by Gasteiger charge is -2.45. The van der Waals surface area contributed by atoms with Gasteiger partial charge in [0.05, 0.1) is 0 Å². The van der Waals surface area contributed by atoms with Gasteiger partial charge in [-0.25, -0.2) is 0 Å². The predicted octanol–water partition coefficient (Wildman–Crippen LogP) is 3.46. The first kappa shape index (κ1) is 14.5. The van der Waals surface area contributed by atoms with Gasteiger partial charge in [-0.3, -0.25) is 4.90 Å². The summed E-state index contributed by atoms with van der Waals surface area (Å²) < 4.78 is 0. The van der Waals surface area contributed by atoms with Crippen molar-refractivity contribution in [3.8, 4) is 0 Å². The van der Waals surface area contributed by atoms with Gasteiger partial charge in [0.2, 0.25) is 0 Å². The molecule has 1 aromatic carbocycles. The Hall–Kier alpha value is -0.860. The lowest BCUT2D eigenvalue weighted by molar-refractivity contribution is 0.0610. The molecule has 2 heteroatoms. The topological polar surface area (TPSA) is 15.3 Å². The van der Waals surface area contributed by atoms with Crippen LogP contribution in [0.1, 0.15) is 45.7 Å². The Morgan fingerprint density at radius 2 is 1.89 bits per heavy atom. The van der Waals surface area contributed by atoms with E-state index in [1.807, 2.05) is 0 Å². The van der Waals surface area contributed by atoms with Crippen LogP contribution in [0.3, 0.4) is 0 Å². The van der Waals surface area contributed by atoms with Crippen molar-refractivity contribution in [2.75, 3.05) is 13.1 Å². The predicted molar refractivity (Wildman–Crippen MR) is 82.3 cm³/mol. The smallest absolute Gasteiger partial charge is 0.0324 e. The van der Waals surface area contributed by atoms with Gasteiger partial charge in [0.15, 0.2) is 0 Å². The molecule has 0 spiro atoms. The number of benzene rings is 1. The van der Waals surface area contributed by atoms with E-state index in [0.717, 1.165) is 13.1 Å². The number of piperazine rings is 1. The molecule has 0 saturated carbocycles. The average molecular weight is 260 g/mol. The molecule has 1 N–H and O–H groups in total. The van der Waals surface area contributed by atoms with Crippen molar-refractivity contribution >= 4 is 0 Å². The highest BCUT2D eigenvalue weighted by molar-refractivity contribution is 5.19. The summed E-state index contributed by atoms with van der Waals surface area (Å²) in [6.07, 6.45) is 1.21. The third kappa shape index (κ3) is 3.37. The Morgan fingerprint density at radius 3 is 2.47 bits per heavy atom. The summed E-state index contributed by atoms with van der Waals surface area (Å²) in [6, 6.07) is 12.7. The minimum Gasteiger partial charge on any atom is -0.311 e. The number of nitrogens with one attached hydrogen (secondary N) is 1. The molecule has 106 valence electrons. The molecular weight excluding hydrogens is 232 g/mol. The van der Waals surface area contributed by atoms with Crippen LogP contribution in [-0.2, 0) is 0 Å². The summed E-state index contributed by atoms with van der Waals surface area (Å²) >= 11 is 0. The second kappa shape index (κ2) is 6.53. The third-order valence-electron chi connectivity index (χ3n) is 4.51. The van der Waals surface area contributed by atoms with Crippen LogP contribution in [0.15, 0.2) is 30.3 Å². The van der Waals surface area contributed by atoms with E-state index >= 15 is 0 Å². The zero-order valence-electron chi connectivity index (χ0n) is 12.8. The fraction of sp³-hybridized carbons (Fsp3) is 0.647. The average Bonchev–Trinajstić information content (AvgIpc) is 2.46. The maximum absolute atomic E-state index is 3.69. The Bertz CT molecular complexity index is 374. The molecule has 2 nitrogen and oxygen atoms in total. The van der Waals surface area contributed by atoms with Crippen molar-refractivity contribution in [3.05, 3.63) is 35.9 Å². The van der Waals surface area contributed by atoms with Crippen molar-refractivity contribution in [2.45, 2.75) is 52.2 Å². The molecule has 3 atom stereocenters. The quantitative estimate of drug-likeness (QED) is 0.892. The lowest BCUT2D eigenvalue weighted by Crippen LogP contribution is -2.58. The third-order valence-corrected chi connectivity index (χ3v) is 4.51. The highest BCUT2D eigenvalue weighted by Crippen LogP contribution is 2.27. The number of hydrogen-bond acceptors (Lipinski definition) is 2. The molecule has 1 aliphatic rings. The van der Waals surface area contributed by atoms with Crippen molar-refractivity contribution in [3.63, 3.8) is 0 Å². The molecular formula is C17H28N2. The zero-order chi connectivity index (χ0) is 13.8. The molecule has 19 heavy (non-hydrogen) atoms. The van der Waals surface area contributed by atoms with Crippen LogP contribution in [0.4, 0.5) is 0 Å². The molecule has 1 heterocycles. The molecule has 0 bridgehead atoms. The van der Waals surface area contributed by atoms with Gasteiger partial charge in [-0.1, -0.05) is 51.1 Å². The summed E-state index contributed by atoms with van der Waals surface area (Å²) in [5.74, 6) is 0.691. The standard InChI is InChI=1S/C17H28N2/c1-5-16-12-19(17(11-18-16)13(2)3)14(4)15-9-7-6-8-10-15/h6-10,13-14,16-18H,5,11-12H2,1-4H3. The minimum absolute atomic E-state index is 0.504. The van der Waals surface area contributed by atoms with E-state index in [0.29, 0.717) is 24.0 Å². The molecule has 0 radical (unpaired) electrons. The Kier molecular flexibility index (Phi) is 5.00. The molecule has 1 aliphatic heterocycles. The summed E-state index contributed by atoms with van der Waals surface area (Å²) in [5, 5.41) is 3.69. The van der Waals surface area contributed by atoms with Gasteiger partial charge >= 0.3 is 0 Å². The number of rotatable bonds is 4. The number of nitrogens with zero attached hydrogens (tertiary/aromatic N) is 1. The monoisotopic (exact) mass is 260 g/mol. The molecule has 1 saturated heterocycles. The van der Waals surface area contributed by atoms with Gasteiger partial charge in [-0.2, -0.15) is 0 Å². The minimum atomic E-state index is 0.504. The molecule has 0 amide bonds. The summed E-state index contributed by atoms with van der Waals surface area (Å²) in [7, 11) is 0. The molecule has 0 aromatic heterocycles. The van der Waals surface area contributed by atoms with E-state index in [-0.39, 0.29) is 0 Å². The fourth-order valence-electron chi connectivity index (χ4n) is 3.12. The van der Waals surface area contributed by atoms with E-state index in [2.05, 4.69) is 68.2 Å². The maximum Gasteiger partial charge on any atom is 0.0324 e. The maximum atomic E-state index is 3.69. The summed E-state index contributed by atoms with van der Waals surface area (Å²) in [6.45, 7) is 11.6. The van der Waals surface area contributed by atoms with Crippen molar-refractivity contribution in [1.82, 2.24) is 10.2 Å². The van der Waals surface area contributed by atoms with Crippen LogP contribution in [0.25, 0.3) is 0 Å². The lowest BCUT2D eigenvalue weighted by atomic mass is 9.94. The Morgan fingerprint density at radius 1 is 1.21 bits per heavy atom. The first-order chi connectivity index (χ1) is 9.13. The molecule has 0 aliphatic carbocycles. The fourth-order valence-corrected chi connectivity index (χ4v) is 3.12. The van der Waals surface area contributed by atoms with E-state index < -0.39 is 0 Å². The van der Waals surface area contributed by atoms with Gasteiger partial charge < -0.3 is 5.32 Å². The van der Waals surface area contributed by atoms with Crippen LogP contribution in [0.5, 0.6) is 0 Å². The highest BCUT2D eigenvalue weighted by atomic mass is 15.3. The van der Waals surface area contributed by atoms with Crippen molar-refractivity contribution in [2.24, 2.45) is 5.92 Å². The number of hydrogen-bond donors (Lipinski definition) is 1. The zero-order valence-corrected chi connectivity index (χ0v) is 12.8. The van der Waals surface area contributed by atoms with Gasteiger partial charge in [0, 0.05) is 31.2 Å². The Labute approximate surface area is 118 Å². The second-order valence-corrected chi connectivity index (χ2v) is 6.11. The SMILES string of the molecule is CCC1CN(C(C)c2ccccc2)C(C(C)C)CN1. The van der Waals surface area contributed by atoms with E-state index in [1.165, 1.54) is 12.0 Å². The first-order valence-electron chi connectivity index (χ1n) is 7.67. The largest absolute Gasteiger partial charge is 0.311 e. The van der Waals surface area contributed by atoms with Gasteiger partial charge in [0.25, 0.3) is 0 Å².